The Labute approximate surface area is 92.5 Å². The van der Waals surface area contributed by atoms with Gasteiger partial charge in [0.1, 0.15) is 12.6 Å². The van der Waals surface area contributed by atoms with Crippen LogP contribution in [0, 0.1) is 0 Å². The molecule has 3 nitrogen and oxygen atoms in total. The van der Waals surface area contributed by atoms with Gasteiger partial charge in [-0.05, 0) is 36.6 Å². The van der Waals surface area contributed by atoms with Gasteiger partial charge in [0, 0.05) is 22.7 Å². The number of rotatable bonds is 3. The van der Waals surface area contributed by atoms with Crippen molar-refractivity contribution in [3.8, 4) is 0 Å². The Balaban J connectivity index is 2.25. The first-order chi connectivity index (χ1) is 7.79. The highest BCUT2D eigenvalue weighted by atomic mass is 16.1. The molecular weight excluding hydrogens is 202 g/mol. The molecule has 1 aromatic heterocycles. The lowest BCUT2D eigenvalue weighted by atomic mass is 9.96. The standard InChI is InChI=1S/C13H11NO2/c15-7-9-1-2-12-10(5-9)11(6-14-12)13(8-16)3-4-13/h1-2,5-8,14H,3-4H2. The van der Waals surface area contributed by atoms with E-state index in [2.05, 4.69) is 4.98 Å². The van der Waals surface area contributed by atoms with E-state index in [0.717, 1.165) is 41.9 Å². The zero-order chi connectivity index (χ0) is 11.2. The van der Waals surface area contributed by atoms with Crippen molar-refractivity contribution in [1.29, 1.82) is 0 Å². The number of hydrogen-bond acceptors (Lipinski definition) is 2. The largest absolute Gasteiger partial charge is 0.361 e. The van der Waals surface area contributed by atoms with Crippen LogP contribution in [0.2, 0.25) is 0 Å². The van der Waals surface area contributed by atoms with Crippen molar-refractivity contribution < 1.29 is 9.59 Å². The van der Waals surface area contributed by atoms with Crippen LogP contribution in [0.4, 0.5) is 0 Å². The molecule has 1 heterocycles. The quantitative estimate of drug-likeness (QED) is 0.795. The third-order valence-corrected chi connectivity index (χ3v) is 3.39. The second-order valence-corrected chi connectivity index (χ2v) is 4.40. The van der Waals surface area contributed by atoms with Gasteiger partial charge in [-0.25, -0.2) is 0 Å². The number of aromatic nitrogens is 1. The molecular formula is C13H11NO2. The lowest BCUT2D eigenvalue weighted by Crippen LogP contribution is -2.06. The number of carbonyl (C=O) groups is 2. The van der Waals surface area contributed by atoms with Gasteiger partial charge < -0.3 is 9.78 Å². The Morgan fingerprint density at radius 1 is 1.25 bits per heavy atom. The van der Waals surface area contributed by atoms with Crippen molar-refractivity contribution in [2.75, 3.05) is 0 Å². The first-order valence-electron chi connectivity index (χ1n) is 5.32. The summed E-state index contributed by atoms with van der Waals surface area (Å²) in [7, 11) is 0. The van der Waals surface area contributed by atoms with Gasteiger partial charge >= 0.3 is 0 Å². The minimum Gasteiger partial charge on any atom is -0.361 e. The summed E-state index contributed by atoms with van der Waals surface area (Å²) in [6.45, 7) is 0. The Kier molecular flexibility index (Phi) is 1.78. The Morgan fingerprint density at radius 3 is 2.69 bits per heavy atom. The molecule has 1 fully saturated rings. The second-order valence-electron chi connectivity index (χ2n) is 4.40. The van der Waals surface area contributed by atoms with Crippen LogP contribution in [-0.2, 0) is 10.2 Å². The number of aldehydes is 2. The minimum absolute atomic E-state index is 0.292. The number of H-pyrrole nitrogens is 1. The molecule has 0 aliphatic heterocycles. The molecule has 0 atom stereocenters. The zero-order valence-electron chi connectivity index (χ0n) is 8.69. The molecule has 0 unspecified atom stereocenters. The van der Waals surface area contributed by atoms with Crippen LogP contribution < -0.4 is 0 Å². The maximum atomic E-state index is 11.1. The Morgan fingerprint density at radius 2 is 2.06 bits per heavy atom. The van der Waals surface area contributed by atoms with Gasteiger partial charge in [-0.1, -0.05) is 0 Å². The van der Waals surface area contributed by atoms with Crippen LogP contribution >= 0.6 is 0 Å². The topological polar surface area (TPSA) is 49.9 Å². The molecule has 0 radical (unpaired) electrons. The molecule has 1 N–H and O–H groups in total. The summed E-state index contributed by atoms with van der Waals surface area (Å²) < 4.78 is 0. The summed E-state index contributed by atoms with van der Waals surface area (Å²) in [4.78, 5) is 25.0. The van der Waals surface area contributed by atoms with Crippen molar-refractivity contribution in [2.45, 2.75) is 18.3 Å². The van der Waals surface area contributed by atoms with E-state index in [4.69, 9.17) is 0 Å². The van der Waals surface area contributed by atoms with Gasteiger partial charge in [0.25, 0.3) is 0 Å². The first-order valence-corrected chi connectivity index (χ1v) is 5.32. The molecule has 1 aromatic carbocycles. The number of fused-ring (bicyclic) bond motifs is 1. The summed E-state index contributed by atoms with van der Waals surface area (Å²) >= 11 is 0. The second kappa shape index (κ2) is 3.04. The summed E-state index contributed by atoms with van der Waals surface area (Å²) in [6.07, 6.45) is 5.57. The van der Waals surface area contributed by atoms with Crippen LogP contribution in [-0.4, -0.2) is 17.6 Å². The molecule has 3 heteroatoms. The van der Waals surface area contributed by atoms with Gasteiger partial charge in [-0.15, -0.1) is 0 Å². The van der Waals surface area contributed by atoms with E-state index >= 15 is 0 Å². The molecule has 0 amide bonds. The molecule has 0 spiro atoms. The molecule has 80 valence electrons. The van der Waals surface area contributed by atoms with Crippen molar-refractivity contribution in [3.63, 3.8) is 0 Å². The van der Waals surface area contributed by atoms with Crippen molar-refractivity contribution in [3.05, 3.63) is 35.5 Å². The summed E-state index contributed by atoms with van der Waals surface area (Å²) in [6, 6.07) is 5.50. The first kappa shape index (κ1) is 9.33. The molecule has 16 heavy (non-hydrogen) atoms. The molecule has 2 aromatic rings. The summed E-state index contributed by atoms with van der Waals surface area (Å²) in [5.74, 6) is 0. The lowest BCUT2D eigenvalue weighted by molar-refractivity contribution is -0.109. The van der Waals surface area contributed by atoms with E-state index in [0.29, 0.717) is 5.56 Å². The van der Waals surface area contributed by atoms with Crippen molar-refractivity contribution in [2.24, 2.45) is 0 Å². The number of hydrogen-bond donors (Lipinski definition) is 1. The fourth-order valence-electron chi connectivity index (χ4n) is 2.21. The lowest BCUT2D eigenvalue weighted by Gasteiger charge is -2.04. The third kappa shape index (κ3) is 1.14. The normalized spacial score (nSPS) is 17.2. The van der Waals surface area contributed by atoms with Crippen LogP contribution in [0.3, 0.4) is 0 Å². The van der Waals surface area contributed by atoms with Gasteiger partial charge in [-0.2, -0.15) is 0 Å². The fourth-order valence-corrected chi connectivity index (χ4v) is 2.21. The van der Waals surface area contributed by atoms with E-state index < -0.39 is 0 Å². The monoisotopic (exact) mass is 213 g/mol. The fraction of sp³-hybridized carbons (Fsp3) is 0.231. The Hall–Kier alpha value is -1.90. The minimum atomic E-state index is -0.292. The highest BCUT2D eigenvalue weighted by molar-refractivity contribution is 5.93. The van der Waals surface area contributed by atoms with Crippen molar-refractivity contribution >= 4 is 23.5 Å². The number of benzene rings is 1. The van der Waals surface area contributed by atoms with Gasteiger partial charge in [0.05, 0.1) is 5.41 Å². The zero-order valence-corrected chi connectivity index (χ0v) is 8.69. The van der Waals surface area contributed by atoms with Crippen LogP contribution in [0.1, 0.15) is 28.8 Å². The SMILES string of the molecule is O=Cc1ccc2[nH]cc(C3(C=O)CC3)c2c1. The Bertz CT molecular complexity index is 579. The maximum Gasteiger partial charge on any atom is 0.150 e. The van der Waals surface area contributed by atoms with Crippen LogP contribution in [0.25, 0.3) is 10.9 Å². The number of nitrogens with one attached hydrogen (secondary N) is 1. The molecule has 3 rings (SSSR count). The molecule has 0 saturated heterocycles. The van der Waals surface area contributed by atoms with E-state index in [1.165, 1.54) is 0 Å². The highest BCUT2D eigenvalue weighted by Crippen LogP contribution is 2.48. The van der Waals surface area contributed by atoms with Gasteiger partial charge in [0.15, 0.2) is 0 Å². The molecule has 1 aliphatic carbocycles. The molecule has 1 aliphatic rings. The average molecular weight is 213 g/mol. The molecule has 0 bridgehead atoms. The number of carbonyl (C=O) groups excluding carboxylic acids is 2. The summed E-state index contributed by atoms with van der Waals surface area (Å²) in [5, 5.41) is 0.995. The predicted octanol–water partition coefficient (Wildman–Crippen LogP) is 2.21. The van der Waals surface area contributed by atoms with Gasteiger partial charge in [0.2, 0.25) is 0 Å². The highest BCUT2D eigenvalue weighted by Gasteiger charge is 2.45. The third-order valence-electron chi connectivity index (χ3n) is 3.39. The maximum absolute atomic E-state index is 11.1. The number of aromatic amines is 1. The molecule has 1 saturated carbocycles. The van der Waals surface area contributed by atoms with Crippen molar-refractivity contribution in [1.82, 2.24) is 4.98 Å². The van der Waals surface area contributed by atoms with E-state index in [9.17, 15) is 9.59 Å². The van der Waals surface area contributed by atoms with E-state index in [1.54, 1.807) is 6.07 Å². The summed E-state index contributed by atoms with van der Waals surface area (Å²) in [5.41, 5.74) is 2.37. The van der Waals surface area contributed by atoms with E-state index in [-0.39, 0.29) is 5.41 Å². The average Bonchev–Trinajstić information content (AvgIpc) is 3.02. The predicted molar refractivity (Wildman–Crippen MR) is 60.7 cm³/mol. The smallest absolute Gasteiger partial charge is 0.150 e. The van der Waals surface area contributed by atoms with Crippen LogP contribution in [0.15, 0.2) is 24.4 Å². The van der Waals surface area contributed by atoms with Gasteiger partial charge in [-0.3, -0.25) is 4.79 Å². The van der Waals surface area contributed by atoms with E-state index in [1.807, 2.05) is 18.3 Å². The van der Waals surface area contributed by atoms with Crippen LogP contribution in [0.5, 0.6) is 0 Å².